The number of hydrogen-bond acceptors (Lipinski definition) is 3. The van der Waals surface area contributed by atoms with Crippen LogP contribution in [0.2, 0.25) is 0 Å². The van der Waals surface area contributed by atoms with Gasteiger partial charge < -0.3 is 4.57 Å². The maximum absolute atomic E-state index is 5.30. The van der Waals surface area contributed by atoms with Crippen LogP contribution >= 0.6 is 0 Å². The van der Waals surface area contributed by atoms with Gasteiger partial charge in [0.2, 0.25) is 0 Å². The smallest absolute Gasteiger partial charge is 0.160 e. The Labute approximate surface area is 285 Å². The molecule has 9 aromatic rings. The molecule has 0 saturated heterocycles. The minimum atomic E-state index is 0.705. The quantitative estimate of drug-likeness (QED) is 0.184. The molecule has 0 fully saturated rings. The number of para-hydroxylation sites is 1. The van der Waals surface area contributed by atoms with Crippen molar-refractivity contribution in [1.82, 2.24) is 19.5 Å². The van der Waals surface area contributed by atoms with Gasteiger partial charge >= 0.3 is 0 Å². The van der Waals surface area contributed by atoms with E-state index in [4.69, 9.17) is 15.0 Å². The molecule has 0 aliphatic carbocycles. The molecule has 0 aliphatic heterocycles. The third-order valence-corrected chi connectivity index (χ3v) is 9.41. The van der Waals surface area contributed by atoms with Crippen molar-refractivity contribution in [2.24, 2.45) is 0 Å². The number of fused-ring (bicyclic) bond motifs is 5. The second-order valence-electron chi connectivity index (χ2n) is 12.3. The van der Waals surface area contributed by atoms with Crippen LogP contribution < -0.4 is 0 Å². The fraction of sp³-hybridized carbons (Fsp3) is 0.0444. The van der Waals surface area contributed by atoms with Gasteiger partial charge in [0.1, 0.15) is 0 Å². The minimum Gasteiger partial charge on any atom is -0.339 e. The summed E-state index contributed by atoms with van der Waals surface area (Å²) in [6.45, 7) is 3.09. The topological polar surface area (TPSA) is 43.6 Å². The van der Waals surface area contributed by atoms with Gasteiger partial charge in [-0.3, -0.25) is 0 Å². The monoisotopic (exact) mass is 628 g/mol. The Bertz CT molecular complexity index is 2560. The summed E-state index contributed by atoms with van der Waals surface area (Å²) in [7, 11) is 0. The molecule has 0 bridgehead atoms. The number of nitrogens with zero attached hydrogens (tertiary/aromatic N) is 4. The molecule has 0 aliphatic rings. The van der Waals surface area contributed by atoms with Gasteiger partial charge in [-0.1, -0.05) is 140 Å². The molecule has 9 rings (SSSR count). The van der Waals surface area contributed by atoms with Crippen molar-refractivity contribution in [3.63, 3.8) is 0 Å². The Morgan fingerprint density at radius 3 is 1.76 bits per heavy atom. The van der Waals surface area contributed by atoms with Crippen molar-refractivity contribution < 1.29 is 0 Å². The summed E-state index contributed by atoms with van der Waals surface area (Å²) < 4.78 is 2.39. The van der Waals surface area contributed by atoms with E-state index in [0.717, 1.165) is 67.9 Å². The summed E-state index contributed by atoms with van der Waals surface area (Å²) in [5.41, 5.74) is 12.7. The minimum absolute atomic E-state index is 0.705. The number of rotatable bonds is 6. The number of benzene rings is 6. The predicted octanol–water partition coefficient (Wildman–Crippen LogP) is 11.5. The number of hydrogen-bond donors (Lipinski definition) is 0. The highest BCUT2D eigenvalue weighted by Crippen LogP contribution is 2.35. The van der Waals surface area contributed by atoms with Crippen LogP contribution in [0.15, 0.2) is 164 Å². The molecule has 0 spiro atoms. The maximum atomic E-state index is 5.30. The van der Waals surface area contributed by atoms with E-state index in [0.29, 0.717) is 5.82 Å². The van der Waals surface area contributed by atoms with E-state index in [2.05, 4.69) is 139 Å². The van der Waals surface area contributed by atoms with E-state index in [1.165, 1.54) is 21.8 Å². The SMILES string of the molecule is CCn1c2ccccc2c2ccc3ccc(-c4cccc(-c5ccc(-c6nc(-c7ccccc7)cc(-c7ccccc7)n6)cc5)c4)nc3c21. The van der Waals surface area contributed by atoms with Crippen molar-refractivity contribution in [3.8, 4) is 56.3 Å². The molecule has 4 heteroatoms. The van der Waals surface area contributed by atoms with Crippen molar-refractivity contribution >= 4 is 32.7 Å². The first-order chi connectivity index (χ1) is 24.2. The first kappa shape index (κ1) is 28.8. The van der Waals surface area contributed by atoms with Crippen LogP contribution in [0, 0.1) is 0 Å². The molecule has 0 saturated carbocycles. The molecule has 0 radical (unpaired) electrons. The molecule has 0 unspecified atom stereocenters. The van der Waals surface area contributed by atoms with E-state index in [1.807, 2.05) is 36.4 Å². The normalized spacial score (nSPS) is 11.4. The van der Waals surface area contributed by atoms with Crippen molar-refractivity contribution in [2.75, 3.05) is 0 Å². The zero-order valence-corrected chi connectivity index (χ0v) is 27.1. The van der Waals surface area contributed by atoms with Gasteiger partial charge in [-0.05, 0) is 42.3 Å². The van der Waals surface area contributed by atoms with Crippen LogP contribution in [0.25, 0.3) is 89.0 Å². The van der Waals surface area contributed by atoms with Gasteiger partial charge in [0.15, 0.2) is 5.82 Å². The Hall–Kier alpha value is -6.39. The Morgan fingerprint density at radius 2 is 1.04 bits per heavy atom. The van der Waals surface area contributed by atoms with Crippen LogP contribution in [0.3, 0.4) is 0 Å². The Balaban J connectivity index is 1.09. The third-order valence-electron chi connectivity index (χ3n) is 9.41. The van der Waals surface area contributed by atoms with Gasteiger partial charge in [0.25, 0.3) is 0 Å². The van der Waals surface area contributed by atoms with Crippen LogP contribution in [0.5, 0.6) is 0 Å². The average Bonchev–Trinajstić information content (AvgIpc) is 3.52. The Morgan fingerprint density at radius 1 is 0.429 bits per heavy atom. The third kappa shape index (κ3) is 5.15. The van der Waals surface area contributed by atoms with Gasteiger partial charge in [-0.15, -0.1) is 0 Å². The first-order valence-electron chi connectivity index (χ1n) is 16.8. The summed E-state index contributed by atoms with van der Waals surface area (Å²) in [6, 6.07) is 57.3. The van der Waals surface area contributed by atoms with Gasteiger partial charge in [-0.25, -0.2) is 15.0 Å². The summed E-state index contributed by atoms with van der Waals surface area (Å²) in [5.74, 6) is 0.705. The van der Waals surface area contributed by atoms with E-state index in [9.17, 15) is 0 Å². The fourth-order valence-electron chi connectivity index (χ4n) is 6.97. The molecular weight excluding hydrogens is 597 g/mol. The zero-order valence-electron chi connectivity index (χ0n) is 27.1. The van der Waals surface area contributed by atoms with Gasteiger partial charge in [-0.2, -0.15) is 0 Å². The van der Waals surface area contributed by atoms with Crippen molar-refractivity contribution in [2.45, 2.75) is 13.5 Å². The highest BCUT2D eigenvalue weighted by molar-refractivity contribution is 6.16. The molecule has 6 aromatic carbocycles. The number of pyridine rings is 1. The second-order valence-corrected chi connectivity index (χ2v) is 12.3. The van der Waals surface area contributed by atoms with Crippen molar-refractivity contribution in [3.05, 3.63) is 164 Å². The molecule has 3 aromatic heterocycles. The molecule has 0 N–H and O–H groups in total. The van der Waals surface area contributed by atoms with Crippen LogP contribution in [-0.2, 0) is 6.54 Å². The summed E-state index contributed by atoms with van der Waals surface area (Å²) in [5, 5.41) is 3.67. The van der Waals surface area contributed by atoms with E-state index < -0.39 is 0 Å². The van der Waals surface area contributed by atoms with E-state index in [-0.39, 0.29) is 0 Å². The van der Waals surface area contributed by atoms with Gasteiger partial charge in [0.05, 0.1) is 28.1 Å². The zero-order chi connectivity index (χ0) is 32.7. The summed E-state index contributed by atoms with van der Waals surface area (Å²) in [6.07, 6.45) is 0. The molecular formula is C45H32N4. The second kappa shape index (κ2) is 12.0. The lowest BCUT2D eigenvalue weighted by Gasteiger charge is -2.11. The average molecular weight is 629 g/mol. The molecule has 4 nitrogen and oxygen atoms in total. The lowest BCUT2D eigenvalue weighted by molar-refractivity contribution is 0.829. The maximum Gasteiger partial charge on any atom is 0.160 e. The van der Waals surface area contributed by atoms with Crippen LogP contribution in [0.1, 0.15) is 6.92 Å². The molecule has 3 heterocycles. The number of aryl methyl sites for hydroxylation is 1. The predicted molar refractivity (Wildman–Crippen MR) is 203 cm³/mol. The van der Waals surface area contributed by atoms with Gasteiger partial charge in [0, 0.05) is 50.5 Å². The lowest BCUT2D eigenvalue weighted by atomic mass is 9.99. The number of aromatic nitrogens is 4. The Kier molecular flexibility index (Phi) is 7.06. The molecule has 232 valence electrons. The van der Waals surface area contributed by atoms with Crippen LogP contribution in [0.4, 0.5) is 0 Å². The highest BCUT2D eigenvalue weighted by Gasteiger charge is 2.15. The summed E-state index contributed by atoms with van der Waals surface area (Å²) in [4.78, 5) is 15.3. The lowest BCUT2D eigenvalue weighted by Crippen LogP contribution is -1.96. The van der Waals surface area contributed by atoms with E-state index >= 15 is 0 Å². The standard InChI is InChI=1S/C45H32N4/c1-2-49-42-19-10-9-18-37(42)38-26-24-33-25-27-39(46-43(33)44(38)49)36-17-11-16-35(28-36)30-20-22-34(23-21-30)45-47-40(31-12-5-3-6-13-31)29-41(48-45)32-14-7-4-8-15-32/h3-29H,2H2,1H3. The largest absolute Gasteiger partial charge is 0.339 e. The van der Waals surface area contributed by atoms with Crippen LogP contribution in [-0.4, -0.2) is 19.5 Å². The van der Waals surface area contributed by atoms with E-state index in [1.54, 1.807) is 0 Å². The summed E-state index contributed by atoms with van der Waals surface area (Å²) >= 11 is 0. The molecule has 0 amide bonds. The van der Waals surface area contributed by atoms with Crippen molar-refractivity contribution in [1.29, 1.82) is 0 Å². The fourth-order valence-corrected chi connectivity index (χ4v) is 6.97. The molecule has 49 heavy (non-hydrogen) atoms. The first-order valence-corrected chi connectivity index (χ1v) is 16.8. The molecule has 0 atom stereocenters. The highest BCUT2D eigenvalue weighted by atomic mass is 15.0.